The Bertz CT molecular complexity index is 447. The summed E-state index contributed by atoms with van der Waals surface area (Å²) < 4.78 is 2.04. The highest BCUT2D eigenvalue weighted by molar-refractivity contribution is 5.53. The number of hydrogen-bond donors (Lipinski definition) is 0. The Balaban J connectivity index is 2.45. The number of aryl methyl sites for hydroxylation is 2. The van der Waals surface area contributed by atoms with E-state index in [-0.39, 0.29) is 0 Å². The maximum absolute atomic E-state index is 4.34. The summed E-state index contributed by atoms with van der Waals surface area (Å²) in [6, 6.07) is 3.96. The van der Waals surface area contributed by atoms with Crippen LogP contribution >= 0.6 is 0 Å². The van der Waals surface area contributed by atoms with E-state index in [1.807, 2.05) is 23.6 Å². The molecule has 0 atom stereocenters. The quantitative estimate of drug-likeness (QED) is 0.765. The lowest BCUT2D eigenvalue weighted by molar-refractivity contribution is 0.681. The van der Waals surface area contributed by atoms with Gasteiger partial charge in [0.2, 0.25) is 0 Å². The monoisotopic (exact) mass is 202 g/mol. The predicted octanol–water partition coefficient (Wildman–Crippen LogP) is 2.06. The van der Waals surface area contributed by atoms with Crippen LogP contribution in [0.5, 0.6) is 0 Å². The van der Waals surface area contributed by atoms with Gasteiger partial charge in [-0.25, -0.2) is 0 Å². The average molecular weight is 202 g/mol. The second-order valence-corrected chi connectivity index (χ2v) is 3.52. The summed E-state index contributed by atoms with van der Waals surface area (Å²) in [7, 11) is 0. The fourth-order valence-electron chi connectivity index (χ4n) is 1.56. The van der Waals surface area contributed by atoms with Gasteiger partial charge in [0.1, 0.15) is 12.0 Å². The fourth-order valence-corrected chi connectivity index (χ4v) is 1.56. The third-order valence-corrected chi connectivity index (χ3v) is 2.30. The Hall–Kier alpha value is -1.71. The molecule has 0 spiro atoms. The predicted molar refractivity (Wildman–Crippen MR) is 58.3 cm³/mol. The van der Waals surface area contributed by atoms with E-state index in [9.17, 15) is 0 Å². The molecular formula is C11H14N4. The molecule has 4 heteroatoms. The van der Waals surface area contributed by atoms with Gasteiger partial charge in [0.15, 0.2) is 5.82 Å². The van der Waals surface area contributed by atoms with Crippen molar-refractivity contribution in [1.82, 2.24) is 19.7 Å². The van der Waals surface area contributed by atoms with E-state index in [0.29, 0.717) is 0 Å². The van der Waals surface area contributed by atoms with Gasteiger partial charge < -0.3 is 4.57 Å². The summed E-state index contributed by atoms with van der Waals surface area (Å²) in [5, 5.41) is 8.05. The number of rotatable bonds is 3. The first-order chi connectivity index (χ1) is 7.33. The molecule has 0 amide bonds. The molecule has 2 rings (SSSR count). The molecular weight excluding hydrogens is 188 g/mol. The second kappa shape index (κ2) is 4.21. The molecule has 2 heterocycles. The van der Waals surface area contributed by atoms with Crippen LogP contribution in [0.3, 0.4) is 0 Å². The van der Waals surface area contributed by atoms with E-state index in [2.05, 4.69) is 22.1 Å². The van der Waals surface area contributed by atoms with Crippen molar-refractivity contribution < 1.29 is 0 Å². The largest absolute Gasteiger partial charge is 0.312 e. The van der Waals surface area contributed by atoms with Crippen LogP contribution in [-0.2, 0) is 6.54 Å². The Kier molecular flexibility index (Phi) is 2.76. The van der Waals surface area contributed by atoms with Gasteiger partial charge in [-0.05, 0) is 25.0 Å². The van der Waals surface area contributed by atoms with Crippen LogP contribution in [0.4, 0.5) is 0 Å². The van der Waals surface area contributed by atoms with Crippen molar-refractivity contribution >= 4 is 0 Å². The van der Waals surface area contributed by atoms with Crippen molar-refractivity contribution in [2.45, 2.75) is 26.8 Å². The van der Waals surface area contributed by atoms with Gasteiger partial charge in [0.05, 0.1) is 0 Å². The molecule has 15 heavy (non-hydrogen) atoms. The maximum Gasteiger partial charge on any atom is 0.182 e. The van der Waals surface area contributed by atoms with E-state index >= 15 is 0 Å². The number of nitrogens with zero attached hydrogens (tertiary/aromatic N) is 4. The van der Waals surface area contributed by atoms with Crippen LogP contribution in [0.2, 0.25) is 0 Å². The molecule has 0 saturated heterocycles. The molecule has 2 aromatic heterocycles. The van der Waals surface area contributed by atoms with Crippen LogP contribution in [0, 0.1) is 6.92 Å². The molecule has 2 aromatic rings. The zero-order valence-corrected chi connectivity index (χ0v) is 9.01. The first-order valence-electron chi connectivity index (χ1n) is 5.12. The van der Waals surface area contributed by atoms with Crippen LogP contribution in [0.1, 0.15) is 18.9 Å². The number of aromatic nitrogens is 4. The molecule has 0 radical (unpaired) electrons. The zero-order chi connectivity index (χ0) is 10.7. The molecule has 78 valence electrons. The first kappa shape index (κ1) is 9.83. The average Bonchev–Trinajstić information content (AvgIpc) is 2.67. The zero-order valence-electron chi connectivity index (χ0n) is 9.01. The van der Waals surface area contributed by atoms with E-state index in [4.69, 9.17) is 0 Å². The van der Waals surface area contributed by atoms with Crippen molar-refractivity contribution in [2.24, 2.45) is 0 Å². The van der Waals surface area contributed by atoms with Gasteiger partial charge >= 0.3 is 0 Å². The number of pyridine rings is 1. The standard InChI is InChI=1S/C11H14N4/c1-3-7-15-8-13-14-11(15)10-9(2)5-4-6-12-10/h4-6,8H,3,7H2,1-2H3. The molecule has 0 N–H and O–H groups in total. The van der Waals surface area contributed by atoms with Gasteiger partial charge in [0.25, 0.3) is 0 Å². The van der Waals surface area contributed by atoms with Gasteiger partial charge in [-0.1, -0.05) is 13.0 Å². The fraction of sp³-hybridized carbons (Fsp3) is 0.364. The molecule has 4 nitrogen and oxygen atoms in total. The third-order valence-electron chi connectivity index (χ3n) is 2.30. The van der Waals surface area contributed by atoms with Crippen molar-refractivity contribution in [3.8, 4) is 11.5 Å². The lowest BCUT2D eigenvalue weighted by atomic mass is 10.2. The topological polar surface area (TPSA) is 43.6 Å². The highest BCUT2D eigenvalue weighted by Gasteiger charge is 2.09. The van der Waals surface area contributed by atoms with Gasteiger partial charge in [-0.2, -0.15) is 0 Å². The Labute approximate surface area is 89.0 Å². The summed E-state index contributed by atoms with van der Waals surface area (Å²) >= 11 is 0. The summed E-state index contributed by atoms with van der Waals surface area (Å²) in [5.41, 5.74) is 2.05. The summed E-state index contributed by atoms with van der Waals surface area (Å²) in [4.78, 5) is 4.34. The Morgan fingerprint density at radius 1 is 1.40 bits per heavy atom. The van der Waals surface area contributed by atoms with Crippen LogP contribution in [-0.4, -0.2) is 19.7 Å². The minimum Gasteiger partial charge on any atom is -0.312 e. The van der Waals surface area contributed by atoms with Crippen molar-refractivity contribution in [3.63, 3.8) is 0 Å². The van der Waals surface area contributed by atoms with Crippen molar-refractivity contribution in [2.75, 3.05) is 0 Å². The normalized spacial score (nSPS) is 10.5. The molecule has 0 aliphatic carbocycles. The van der Waals surface area contributed by atoms with Crippen LogP contribution in [0.15, 0.2) is 24.7 Å². The third kappa shape index (κ3) is 1.88. The highest BCUT2D eigenvalue weighted by atomic mass is 15.3. The molecule has 0 aliphatic rings. The molecule has 0 aliphatic heterocycles. The van der Waals surface area contributed by atoms with Gasteiger partial charge in [0, 0.05) is 12.7 Å². The van der Waals surface area contributed by atoms with Gasteiger partial charge in [-0.3, -0.25) is 4.98 Å². The second-order valence-electron chi connectivity index (χ2n) is 3.52. The summed E-state index contributed by atoms with van der Waals surface area (Å²) in [6.07, 6.45) is 4.61. The SMILES string of the molecule is CCCn1cnnc1-c1ncccc1C. The highest BCUT2D eigenvalue weighted by Crippen LogP contribution is 2.17. The molecule has 0 saturated carbocycles. The Morgan fingerprint density at radius 2 is 2.27 bits per heavy atom. The van der Waals surface area contributed by atoms with Crippen molar-refractivity contribution in [1.29, 1.82) is 0 Å². The van der Waals surface area contributed by atoms with Crippen LogP contribution < -0.4 is 0 Å². The molecule has 0 unspecified atom stereocenters. The molecule has 0 bridgehead atoms. The molecule has 0 aromatic carbocycles. The lowest BCUT2D eigenvalue weighted by Gasteiger charge is -2.05. The molecule has 0 fully saturated rings. The van der Waals surface area contributed by atoms with Crippen LogP contribution in [0.25, 0.3) is 11.5 Å². The Morgan fingerprint density at radius 3 is 3.00 bits per heavy atom. The lowest BCUT2D eigenvalue weighted by Crippen LogP contribution is -2.00. The number of hydrogen-bond acceptors (Lipinski definition) is 3. The van der Waals surface area contributed by atoms with Crippen molar-refractivity contribution in [3.05, 3.63) is 30.2 Å². The minimum atomic E-state index is 0.856. The summed E-state index contributed by atoms with van der Waals surface area (Å²) in [5.74, 6) is 0.856. The van der Waals surface area contributed by atoms with Gasteiger partial charge in [-0.15, -0.1) is 10.2 Å². The van der Waals surface area contributed by atoms with E-state index in [1.54, 1.807) is 12.5 Å². The van der Waals surface area contributed by atoms with E-state index < -0.39 is 0 Å². The first-order valence-corrected chi connectivity index (χ1v) is 5.12. The minimum absolute atomic E-state index is 0.856. The summed E-state index contributed by atoms with van der Waals surface area (Å²) in [6.45, 7) is 5.10. The maximum atomic E-state index is 4.34. The smallest absolute Gasteiger partial charge is 0.182 e. The van der Waals surface area contributed by atoms with E-state index in [0.717, 1.165) is 30.0 Å². The van der Waals surface area contributed by atoms with E-state index in [1.165, 1.54) is 0 Å².